The lowest BCUT2D eigenvalue weighted by molar-refractivity contribution is -0.220. The van der Waals surface area contributed by atoms with Crippen LogP contribution < -0.4 is 5.73 Å². The van der Waals surface area contributed by atoms with Crippen molar-refractivity contribution in [3.8, 4) is 0 Å². The molecule has 0 amide bonds. The lowest BCUT2D eigenvalue weighted by Crippen LogP contribution is -2.28. The molecule has 0 aromatic rings. The van der Waals surface area contributed by atoms with E-state index in [0.717, 1.165) is 12.8 Å². The van der Waals surface area contributed by atoms with Crippen molar-refractivity contribution < 1.29 is 31.4 Å². The molecule has 9 heteroatoms. The maximum atomic E-state index is 11.8. The van der Waals surface area contributed by atoms with E-state index in [1.54, 1.807) is 0 Å². The number of ether oxygens (including phenoxy) is 1. The highest BCUT2D eigenvalue weighted by Gasteiger charge is 2.13. The first kappa shape index (κ1) is 26.4. The van der Waals surface area contributed by atoms with Gasteiger partial charge in [0.25, 0.3) is 0 Å². The third-order valence-corrected chi connectivity index (χ3v) is 4.67. The van der Waals surface area contributed by atoms with Gasteiger partial charge in [-0.25, -0.2) is 9.07 Å². The molecule has 0 fully saturated rings. The summed E-state index contributed by atoms with van der Waals surface area (Å²) in [6.07, 6.45) is 10.8. The quantitative estimate of drug-likeness (QED) is 0.140. The van der Waals surface area contributed by atoms with Gasteiger partial charge in [0, 0.05) is 12.8 Å². The summed E-state index contributed by atoms with van der Waals surface area (Å²) < 4.78 is 35.6. The Morgan fingerprint density at radius 3 is 2.11 bits per heavy atom. The largest absolute Gasteiger partial charge is 0.426 e. The summed E-state index contributed by atoms with van der Waals surface area (Å²) >= 11 is 0. The molecule has 0 aliphatic carbocycles. The van der Waals surface area contributed by atoms with Gasteiger partial charge in [-0.1, -0.05) is 62.6 Å². The Morgan fingerprint density at radius 1 is 0.926 bits per heavy atom. The van der Waals surface area contributed by atoms with Crippen LogP contribution in [-0.2, 0) is 33.3 Å². The molecule has 0 heterocycles. The van der Waals surface area contributed by atoms with Crippen LogP contribution in [0.25, 0.3) is 0 Å². The fraction of sp³-hybridized carbons (Fsp3) is 0.944. The van der Waals surface area contributed by atoms with Crippen LogP contribution in [0.15, 0.2) is 0 Å². The third-order valence-electron chi connectivity index (χ3n) is 3.88. The van der Waals surface area contributed by atoms with Gasteiger partial charge in [0.2, 0.25) is 0 Å². The van der Waals surface area contributed by atoms with Gasteiger partial charge in [-0.3, -0.25) is 4.79 Å². The summed E-state index contributed by atoms with van der Waals surface area (Å²) in [5.74, 6) is 0.0709. The highest BCUT2D eigenvalue weighted by Crippen LogP contribution is 2.11. The van der Waals surface area contributed by atoms with E-state index in [1.165, 1.54) is 51.9 Å². The summed E-state index contributed by atoms with van der Waals surface area (Å²) in [7, 11) is -4.14. The number of ketones is 1. The first-order chi connectivity index (χ1) is 12.9. The van der Waals surface area contributed by atoms with Gasteiger partial charge < -0.3 is 10.5 Å². The van der Waals surface area contributed by atoms with E-state index in [2.05, 4.69) is 20.3 Å². The minimum atomic E-state index is -4.14. The lowest BCUT2D eigenvalue weighted by atomic mass is 10.0. The van der Waals surface area contributed by atoms with Crippen LogP contribution >= 0.6 is 0 Å². The zero-order valence-corrected chi connectivity index (χ0v) is 17.6. The van der Waals surface area contributed by atoms with Gasteiger partial charge in [0.15, 0.2) is 0 Å². The van der Waals surface area contributed by atoms with E-state index >= 15 is 0 Å². The second-order valence-corrected chi connectivity index (χ2v) is 7.62. The molecule has 2 N–H and O–H groups in total. The van der Waals surface area contributed by atoms with Gasteiger partial charge in [0.1, 0.15) is 18.6 Å². The number of carbonyl (C=O) groups excluding carboxylic acids is 1. The highest BCUT2D eigenvalue weighted by atomic mass is 32.3. The number of unbranched alkanes of at least 4 members (excludes halogenated alkanes) is 8. The SMILES string of the molecule is CCCCCCCCCCCC(=O)CC(N)OCCOOS(=O)(=O)OCC. The summed E-state index contributed by atoms with van der Waals surface area (Å²) in [5, 5.41) is 0. The molecule has 0 bridgehead atoms. The standard InChI is InChI=1S/C18H37NO7S/c1-3-5-6-7-8-9-10-11-12-13-17(20)16-18(19)23-14-15-24-26-27(21,22)25-4-2/h18H,3-16,19H2,1-2H3. The van der Waals surface area contributed by atoms with E-state index in [0.29, 0.717) is 6.42 Å². The molecule has 27 heavy (non-hydrogen) atoms. The molecule has 0 aromatic carbocycles. The maximum absolute atomic E-state index is 11.8. The molecule has 162 valence electrons. The minimum Gasteiger partial charge on any atom is -0.361 e. The highest BCUT2D eigenvalue weighted by molar-refractivity contribution is 7.81. The Hall–Kier alpha value is -0.580. The van der Waals surface area contributed by atoms with Gasteiger partial charge in [-0.15, -0.1) is 0 Å². The van der Waals surface area contributed by atoms with Gasteiger partial charge in [0.05, 0.1) is 13.2 Å². The van der Waals surface area contributed by atoms with Gasteiger partial charge >= 0.3 is 10.4 Å². The van der Waals surface area contributed by atoms with Crippen LogP contribution in [-0.4, -0.2) is 40.2 Å². The molecule has 1 unspecified atom stereocenters. The normalized spacial score (nSPS) is 13.0. The first-order valence-electron chi connectivity index (χ1n) is 10.0. The zero-order chi connectivity index (χ0) is 20.4. The molecule has 0 saturated carbocycles. The average Bonchev–Trinajstić information content (AvgIpc) is 2.59. The predicted octanol–water partition coefficient (Wildman–Crippen LogP) is 3.40. The average molecular weight is 412 g/mol. The van der Waals surface area contributed by atoms with Crippen LogP contribution in [0.4, 0.5) is 0 Å². The fourth-order valence-corrected chi connectivity index (χ4v) is 3.02. The second kappa shape index (κ2) is 17.5. The molecule has 0 rings (SSSR count). The van der Waals surface area contributed by atoms with Gasteiger partial charge in [-0.2, -0.15) is 8.42 Å². The second-order valence-electron chi connectivity index (χ2n) is 6.44. The van der Waals surface area contributed by atoms with Crippen molar-refractivity contribution in [3.05, 3.63) is 0 Å². The van der Waals surface area contributed by atoms with E-state index in [-0.39, 0.29) is 32.0 Å². The van der Waals surface area contributed by atoms with Gasteiger partial charge in [-0.05, 0) is 13.3 Å². The van der Waals surface area contributed by atoms with E-state index in [9.17, 15) is 13.2 Å². The number of Topliss-reactive ketones (excluding diaryl/α,β-unsaturated/α-hetero) is 1. The molecular weight excluding hydrogens is 374 g/mol. The van der Waals surface area contributed by atoms with Crippen LogP contribution in [0.3, 0.4) is 0 Å². The summed E-state index contributed by atoms with van der Waals surface area (Å²) in [4.78, 5) is 16.3. The number of carbonyl (C=O) groups is 1. The molecular formula is C18H37NO7S. The number of hydrogen-bond donors (Lipinski definition) is 1. The molecule has 0 aliphatic heterocycles. The van der Waals surface area contributed by atoms with Crippen molar-refractivity contribution in [2.45, 2.75) is 90.7 Å². The maximum Gasteiger partial charge on any atom is 0.426 e. The summed E-state index contributed by atoms with van der Waals surface area (Å²) in [5.41, 5.74) is 5.72. The van der Waals surface area contributed by atoms with Crippen molar-refractivity contribution >= 4 is 16.2 Å². The monoisotopic (exact) mass is 411 g/mol. The van der Waals surface area contributed by atoms with Crippen molar-refractivity contribution in [1.82, 2.24) is 0 Å². The van der Waals surface area contributed by atoms with Crippen LogP contribution in [0.2, 0.25) is 0 Å². The van der Waals surface area contributed by atoms with Crippen LogP contribution in [0.5, 0.6) is 0 Å². The Labute approximate surface area is 164 Å². The van der Waals surface area contributed by atoms with Crippen LogP contribution in [0.1, 0.15) is 84.5 Å². The molecule has 0 saturated heterocycles. The minimum absolute atomic E-state index is 0.00806. The number of hydrogen-bond acceptors (Lipinski definition) is 8. The molecule has 0 radical (unpaired) electrons. The number of nitrogens with two attached hydrogens (primary N) is 1. The Kier molecular flexibility index (Phi) is 17.1. The summed E-state index contributed by atoms with van der Waals surface area (Å²) in [6.45, 7) is 3.54. The first-order valence-corrected chi connectivity index (χ1v) is 11.3. The van der Waals surface area contributed by atoms with E-state index in [1.807, 2.05) is 0 Å². The van der Waals surface area contributed by atoms with Crippen LogP contribution in [0, 0.1) is 0 Å². The smallest absolute Gasteiger partial charge is 0.361 e. The van der Waals surface area contributed by atoms with Crippen molar-refractivity contribution in [1.29, 1.82) is 0 Å². The Balaban J connectivity index is 3.51. The predicted molar refractivity (Wildman–Crippen MR) is 103 cm³/mol. The molecule has 0 aliphatic rings. The molecule has 0 aromatic heterocycles. The zero-order valence-electron chi connectivity index (χ0n) is 16.8. The Bertz CT molecular complexity index is 457. The van der Waals surface area contributed by atoms with Crippen molar-refractivity contribution in [3.63, 3.8) is 0 Å². The molecule has 0 spiro atoms. The van der Waals surface area contributed by atoms with E-state index in [4.69, 9.17) is 10.5 Å². The molecule has 1 atom stereocenters. The topological polar surface area (TPSA) is 114 Å². The van der Waals surface area contributed by atoms with E-state index < -0.39 is 16.6 Å². The number of rotatable bonds is 20. The fourth-order valence-electron chi connectivity index (χ4n) is 2.51. The lowest BCUT2D eigenvalue weighted by Gasteiger charge is -2.12. The third kappa shape index (κ3) is 18.5. The Morgan fingerprint density at radius 2 is 1.52 bits per heavy atom. The van der Waals surface area contributed by atoms with Crippen molar-refractivity contribution in [2.75, 3.05) is 19.8 Å². The molecule has 8 nitrogen and oxygen atoms in total. The summed E-state index contributed by atoms with van der Waals surface area (Å²) in [6, 6.07) is 0. The van der Waals surface area contributed by atoms with Crippen molar-refractivity contribution in [2.24, 2.45) is 5.73 Å².